The predicted octanol–water partition coefficient (Wildman–Crippen LogP) is 3.22. The number of rotatable bonds is 3. The number of aromatic hydroxyl groups is 1. The highest BCUT2D eigenvalue weighted by Gasteiger charge is 2.37. The van der Waals surface area contributed by atoms with Gasteiger partial charge in [-0.05, 0) is 64.6 Å². The number of nitrogens with zero attached hydrogens (tertiary/aromatic N) is 2. The van der Waals surface area contributed by atoms with Crippen molar-refractivity contribution in [2.24, 2.45) is 0 Å². The summed E-state index contributed by atoms with van der Waals surface area (Å²) in [5.74, 6) is -2.36. The quantitative estimate of drug-likeness (QED) is 0.213. The van der Waals surface area contributed by atoms with Crippen molar-refractivity contribution in [1.29, 1.82) is 0 Å². The number of imide groups is 2. The minimum Gasteiger partial charge on any atom is -0.501 e. The molecule has 0 aromatic heterocycles. The van der Waals surface area contributed by atoms with Crippen molar-refractivity contribution in [3.8, 4) is 5.75 Å². The van der Waals surface area contributed by atoms with Crippen LogP contribution in [0.1, 0.15) is 5.56 Å². The topological polar surface area (TPSA) is 130 Å². The van der Waals surface area contributed by atoms with Gasteiger partial charge in [0.25, 0.3) is 11.8 Å². The van der Waals surface area contributed by atoms with Gasteiger partial charge < -0.3 is 5.11 Å². The third-order valence-electron chi connectivity index (χ3n) is 3.76. The second kappa shape index (κ2) is 7.56. The number of urea groups is 1. The summed E-state index contributed by atoms with van der Waals surface area (Å²) in [5.41, 5.74) is -0.646. The van der Waals surface area contributed by atoms with Gasteiger partial charge in [0.1, 0.15) is 5.57 Å². The third-order valence-corrected chi connectivity index (χ3v) is 4.83. The van der Waals surface area contributed by atoms with Gasteiger partial charge in [0.05, 0.1) is 14.2 Å². The molecule has 1 aliphatic rings. The largest absolute Gasteiger partial charge is 0.501 e. The number of nitrogens with one attached hydrogen (secondary N) is 1. The summed E-state index contributed by atoms with van der Waals surface area (Å²) in [6.45, 7) is 0. The van der Waals surface area contributed by atoms with Gasteiger partial charge in [0, 0.05) is 11.1 Å². The molecule has 0 saturated carbocycles. The molecule has 3 rings (SSSR count). The Balaban J connectivity index is 2.07. The van der Waals surface area contributed by atoms with Crippen molar-refractivity contribution in [3.63, 3.8) is 0 Å². The van der Waals surface area contributed by atoms with Gasteiger partial charge in [-0.25, -0.2) is 9.69 Å². The number of hydrogen-bond acceptors (Lipinski definition) is 6. The van der Waals surface area contributed by atoms with E-state index in [1.54, 1.807) is 22.6 Å². The Bertz CT molecular complexity index is 1070. The molecule has 142 valence electrons. The maximum atomic E-state index is 12.8. The van der Waals surface area contributed by atoms with E-state index < -0.39 is 39.8 Å². The molecule has 1 heterocycles. The van der Waals surface area contributed by atoms with Crippen LogP contribution in [0.15, 0.2) is 42.0 Å². The fourth-order valence-electron chi connectivity index (χ4n) is 2.48. The van der Waals surface area contributed by atoms with Crippen LogP contribution >= 0.6 is 34.2 Å². The highest BCUT2D eigenvalue weighted by atomic mass is 127. The molecule has 0 spiro atoms. The van der Waals surface area contributed by atoms with Crippen LogP contribution in [0, 0.1) is 13.7 Å². The number of carbonyl (C=O) groups is 3. The fraction of sp³-hybridized carbons (Fsp3) is 0. The van der Waals surface area contributed by atoms with Crippen LogP contribution in [0.3, 0.4) is 0 Å². The Morgan fingerprint density at radius 1 is 1.18 bits per heavy atom. The molecule has 2 aromatic rings. The number of nitro benzene ring substituents is 1. The fourth-order valence-corrected chi connectivity index (χ4v) is 3.24. The number of benzene rings is 2. The Morgan fingerprint density at radius 2 is 1.82 bits per heavy atom. The average molecular weight is 514 g/mol. The Labute approximate surface area is 175 Å². The number of phenols is 1. The van der Waals surface area contributed by atoms with Gasteiger partial charge in [0.15, 0.2) is 0 Å². The molecule has 0 bridgehead atoms. The van der Waals surface area contributed by atoms with Gasteiger partial charge in [0.2, 0.25) is 5.75 Å². The van der Waals surface area contributed by atoms with E-state index in [0.29, 0.717) is 5.02 Å². The van der Waals surface area contributed by atoms with Crippen molar-refractivity contribution in [2.75, 3.05) is 4.90 Å². The molecule has 11 heteroatoms. The second-order valence-electron chi connectivity index (χ2n) is 5.56. The van der Waals surface area contributed by atoms with Crippen LogP contribution in [0.2, 0.25) is 5.02 Å². The van der Waals surface area contributed by atoms with Gasteiger partial charge >= 0.3 is 11.7 Å². The van der Waals surface area contributed by atoms with Gasteiger partial charge in [-0.15, -0.1) is 0 Å². The predicted molar refractivity (Wildman–Crippen MR) is 108 cm³/mol. The van der Waals surface area contributed by atoms with Crippen molar-refractivity contribution in [1.82, 2.24) is 5.32 Å². The zero-order valence-corrected chi connectivity index (χ0v) is 16.6. The lowest BCUT2D eigenvalue weighted by molar-refractivity contribution is -0.386. The minimum atomic E-state index is -0.939. The first kappa shape index (κ1) is 19.8. The van der Waals surface area contributed by atoms with Gasteiger partial charge in [-0.3, -0.25) is 25.0 Å². The SMILES string of the molecule is O=C1NC(=O)N(c2ccc(Cl)cc2)C(=O)C1=Cc1cc(I)c(O)c([N+](=O)[O-])c1. The number of anilines is 1. The molecule has 9 nitrogen and oxygen atoms in total. The van der Waals surface area contributed by atoms with Gasteiger partial charge in [-0.2, -0.15) is 0 Å². The van der Waals surface area contributed by atoms with Crippen molar-refractivity contribution >= 4 is 69.5 Å². The zero-order valence-electron chi connectivity index (χ0n) is 13.7. The summed E-state index contributed by atoms with van der Waals surface area (Å²) in [6.07, 6.45) is 1.11. The summed E-state index contributed by atoms with van der Waals surface area (Å²) in [6, 6.07) is 7.27. The van der Waals surface area contributed by atoms with Crippen LogP contribution in [0.25, 0.3) is 6.08 Å². The van der Waals surface area contributed by atoms with E-state index in [0.717, 1.165) is 17.0 Å². The molecule has 2 aromatic carbocycles. The highest BCUT2D eigenvalue weighted by molar-refractivity contribution is 14.1. The van der Waals surface area contributed by atoms with Crippen LogP contribution < -0.4 is 10.2 Å². The molecule has 1 aliphatic heterocycles. The van der Waals surface area contributed by atoms with Crippen LogP contribution in [-0.2, 0) is 9.59 Å². The van der Waals surface area contributed by atoms with Crippen LogP contribution in [-0.4, -0.2) is 27.9 Å². The van der Waals surface area contributed by atoms with E-state index in [2.05, 4.69) is 0 Å². The molecule has 2 N–H and O–H groups in total. The van der Waals surface area contributed by atoms with E-state index >= 15 is 0 Å². The van der Waals surface area contributed by atoms with E-state index in [1.807, 2.05) is 5.32 Å². The summed E-state index contributed by atoms with van der Waals surface area (Å²) in [4.78, 5) is 48.1. The number of barbiturate groups is 1. The summed E-state index contributed by atoms with van der Waals surface area (Å²) in [5, 5.41) is 23.3. The van der Waals surface area contributed by atoms with E-state index in [9.17, 15) is 29.6 Å². The number of carbonyl (C=O) groups excluding carboxylic acids is 3. The number of hydrogen-bond donors (Lipinski definition) is 2. The number of amides is 4. The summed E-state index contributed by atoms with van der Waals surface area (Å²) in [7, 11) is 0. The normalized spacial score (nSPS) is 15.7. The monoisotopic (exact) mass is 513 g/mol. The van der Waals surface area contributed by atoms with Crippen molar-refractivity contribution in [2.45, 2.75) is 0 Å². The van der Waals surface area contributed by atoms with Crippen molar-refractivity contribution in [3.05, 3.63) is 66.2 Å². The molecule has 28 heavy (non-hydrogen) atoms. The maximum absolute atomic E-state index is 12.8. The maximum Gasteiger partial charge on any atom is 0.335 e. The first-order chi connectivity index (χ1) is 13.2. The van der Waals surface area contributed by atoms with E-state index in [4.69, 9.17) is 11.6 Å². The van der Waals surface area contributed by atoms with Crippen molar-refractivity contribution < 1.29 is 24.4 Å². The number of halogens is 2. The standard InChI is InChI=1S/C17H9ClIN3O6/c18-9-1-3-10(4-2-9)21-16(25)11(15(24)20-17(21)26)5-8-6-12(19)14(23)13(7-8)22(27)28/h1-7,23H,(H,20,24,26). The third kappa shape index (κ3) is 3.68. The summed E-state index contributed by atoms with van der Waals surface area (Å²) >= 11 is 7.49. The Hall–Kier alpha value is -2.99. The zero-order chi connectivity index (χ0) is 20.6. The lowest BCUT2D eigenvalue weighted by Gasteiger charge is -2.26. The first-order valence-corrected chi connectivity index (χ1v) is 8.98. The molecule has 0 atom stereocenters. The Kier molecular flexibility index (Phi) is 5.34. The van der Waals surface area contributed by atoms with Crippen LogP contribution in [0.4, 0.5) is 16.2 Å². The summed E-state index contributed by atoms with van der Waals surface area (Å²) < 4.78 is 0.160. The molecular formula is C17H9ClIN3O6. The first-order valence-electron chi connectivity index (χ1n) is 7.53. The molecule has 4 amide bonds. The molecule has 0 radical (unpaired) electrons. The molecule has 1 fully saturated rings. The molecular weight excluding hydrogens is 505 g/mol. The average Bonchev–Trinajstić information content (AvgIpc) is 2.62. The minimum absolute atomic E-state index is 0.137. The Morgan fingerprint density at radius 3 is 2.43 bits per heavy atom. The lowest BCUT2D eigenvalue weighted by Crippen LogP contribution is -2.54. The smallest absolute Gasteiger partial charge is 0.335 e. The second-order valence-corrected chi connectivity index (χ2v) is 7.16. The molecule has 1 saturated heterocycles. The lowest BCUT2D eigenvalue weighted by atomic mass is 10.1. The number of nitro groups is 1. The number of phenolic OH excluding ortho intramolecular Hbond substituents is 1. The highest BCUT2D eigenvalue weighted by Crippen LogP contribution is 2.33. The molecule has 0 unspecified atom stereocenters. The van der Waals surface area contributed by atoms with E-state index in [1.165, 1.54) is 30.3 Å². The van der Waals surface area contributed by atoms with Gasteiger partial charge in [-0.1, -0.05) is 11.6 Å². The van der Waals surface area contributed by atoms with Crippen LogP contribution in [0.5, 0.6) is 5.75 Å². The molecule has 0 aliphatic carbocycles. The van der Waals surface area contributed by atoms with E-state index in [-0.39, 0.29) is 14.8 Å².